The van der Waals surface area contributed by atoms with Gasteiger partial charge in [0, 0.05) is 37.1 Å². The van der Waals surface area contributed by atoms with Crippen molar-refractivity contribution in [3.8, 4) is 0 Å². The Morgan fingerprint density at radius 1 is 1.06 bits per heavy atom. The molecule has 1 heterocycles. The maximum absolute atomic E-state index is 11.5. The highest BCUT2D eigenvalue weighted by molar-refractivity contribution is 7.88. The average Bonchev–Trinajstić information content (AvgIpc) is 2.27. The predicted octanol–water partition coefficient (Wildman–Crippen LogP) is 1.55. The fourth-order valence-electron chi connectivity index (χ4n) is 2.24. The first-order valence-corrected chi connectivity index (χ1v) is 8.21. The monoisotopic (exact) mass is 274 g/mol. The van der Waals surface area contributed by atoms with Crippen molar-refractivity contribution in [2.75, 3.05) is 32.4 Å². The highest BCUT2D eigenvalue weighted by Gasteiger charge is 2.41. The second-order valence-electron chi connectivity index (χ2n) is 6.13. The summed E-state index contributed by atoms with van der Waals surface area (Å²) in [5.41, 5.74) is -0.0431. The number of rotatable bonds is 4. The van der Waals surface area contributed by atoms with Crippen LogP contribution in [0.2, 0.25) is 0 Å². The molecule has 0 spiro atoms. The van der Waals surface area contributed by atoms with E-state index in [-0.39, 0.29) is 11.0 Å². The van der Waals surface area contributed by atoms with Crippen molar-refractivity contribution in [1.29, 1.82) is 0 Å². The van der Waals surface area contributed by atoms with Crippen molar-refractivity contribution in [2.24, 2.45) is 5.41 Å². The Labute approximate surface area is 112 Å². The minimum Gasteiger partial charge on any atom is -0.295 e. The van der Waals surface area contributed by atoms with Crippen molar-refractivity contribution >= 4 is 10.0 Å². The maximum atomic E-state index is 11.5. The fourth-order valence-corrected chi connectivity index (χ4v) is 3.06. The SMILES string of the molecule is C=CC(C)(C)C(C)(C)N1CCN(S(C)(=O)=O)CC1. The Hall–Kier alpha value is -0.390. The molecule has 1 rings (SSSR count). The van der Waals surface area contributed by atoms with Gasteiger partial charge < -0.3 is 0 Å². The lowest BCUT2D eigenvalue weighted by molar-refractivity contribution is 0.0151. The van der Waals surface area contributed by atoms with Gasteiger partial charge in [0.15, 0.2) is 0 Å². The van der Waals surface area contributed by atoms with Gasteiger partial charge in [-0.15, -0.1) is 6.58 Å². The standard InChI is InChI=1S/C13H26N2O2S/c1-7-12(2,3)13(4,5)14-8-10-15(11-9-14)18(6,16)17/h7H,1,8-11H2,2-6H3. The molecule has 4 nitrogen and oxygen atoms in total. The molecule has 0 aromatic rings. The van der Waals surface area contributed by atoms with E-state index in [4.69, 9.17) is 0 Å². The molecule has 0 aromatic carbocycles. The molecule has 0 N–H and O–H groups in total. The van der Waals surface area contributed by atoms with Gasteiger partial charge in [0.1, 0.15) is 0 Å². The Morgan fingerprint density at radius 3 is 1.83 bits per heavy atom. The molecule has 1 aliphatic rings. The third kappa shape index (κ3) is 2.95. The number of piperazine rings is 1. The molecule has 0 aromatic heterocycles. The molecule has 5 heteroatoms. The molecule has 0 saturated carbocycles. The second kappa shape index (κ2) is 4.94. The number of hydrogen-bond acceptors (Lipinski definition) is 3. The zero-order chi connectivity index (χ0) is 14.2. The zero-order valence-electron chi connectivity index (χ0n) is 12.2. The molecule has 1 aliphatic heterocycles. The first kappa shape index (κ1) is 15.7. The van der Waals surface area contributed by atoms with Crippen LogP contribution in [0.3, 0.4) is 0 Å². The molecule has 0 atom stereocenters. The molecular weight excluding hydrogens is 248 g/mol. The second-order valence-corrected chi connectivity index (χ2v) is 8.12. The van der Waals surface area contributed by atoms with E-state index >= 15 is 0 Å². The van der Waals surface area contributed by atoms with Gasteiger partial charge in [-0.3, -0.25) is 4.90 Å². The molecule has 1 saturated heterocycles. The van der Waals surface area contributed by atoms with Crippen molar-refractivity contribution < 1.29 is 8.42 Å². The van der Waals surface area contributed by atoms with Crippen LogP contribution in [0.4, 0.5) is 0 Å². The number of sulfonamides is 1. The molecule has 1 fully saturated rings. The summed E-state index contributed by atoms with van der Waals surface area (Å²) in [7, 11) is -3.05. The van der Waals surface area contributed by atoms with E-state index in [9.17, 15) is 8.42 Å². The van der Waals surface area contributed by atoms with Crippen molar-refractivity contribution in [3.05, 3.63) is 12.7 Å². The van der Waals surface area contributed by atoms with Crippen LogP contribution in [0, 0.1) is 5.41 Å². The van der Waals surface area contributed by atoms with E-state index in [2.05, 4.69) is 39.2 Å². The summed E-state index contributed by atoms with van der Waals surface area (Å²) in [6.07, 6.45) is 3.26. The van der Waals surface area contributed by atoms with Crippen molar-refractivity contribution in [1.82, 2.24) is 9.21 Å². The molecule has 0 radical (unpaired) electrons. The van der Waals surface area contributed by atoms with Crippen LogP contribution in [-0.2, 0) is 10.0 Å². The molecule has 0 aliphatic carbocycles. The van der Waals surface area contributed by atoms with Crippen molar-refractivity contribution in [3.63, 3.8) is 0 Å². The third-order valence-electron chi connectivity index (χ3n) is 4.59. The molecule has 0 amide bonds. The first-order chi connectivity index (χ1) is 8.02. The summed E-state index contributed by atoms with van der Waals surface area (Å²) in [5.74, 6) is 0. The van der Waals surface area contributed by atoms with Crippen LogP contribution in [0.5, 0.6) is 0 Å². The van der Waals surface area contributed by atoms with Gasteiger partial charge >= 0.3 is 0 Å². The van der Waals surface area contributed by atoms with Crippen LogP contribution < -0.4 is 0 Å². The quantitative estimate of drug-likeness (QED) is 0.730. The summed E-state index contributed by atoms with van der Waals surface area (Å²) in [5, 5.41) is 0. The van der Waals surface area contributed by atoms with Crippen LogP contribution in [-0.4, -0.2) is 55.6 Å². The predicted molar refractivity (Wildman–Crippen MR) is 76.0 cm³/mol. The van der Waals surface area contributed by atoms with Crippen LogP contribution in [0.15, 0.2) is 12.7 Å². The van der Waals surface area contributed by atoms with E-state index in [1.165, 1.54) is 6.26 Å². The highest BCUT2D eigenvalue weighted by atomic mass is 32.2. The lowest BCUT2D eigenvalue weighted by Crippen LogP contribution is -2.60. The molecular formula is C13H26N2O2S. The Morgan fingerprint density at radius 2 is 1.50 bits per heavy atom. The van der Waals surface area contributed by atoms with Gasteiger partial charge in [-0.2, -0.15) is 4.31 Å². The smallest absolute Gasteiger partial charge is 0.211 e. The third-order valence-corrected chi connectivity index (χ3v) is 5.89. The fraction of sp³-hybridized carbons (Fsp3) is 0.846. The first-order valence-electron chi connectivity index (χ1n) is 6.36. The summed E-state index contributed by atoms with van der Waals surface area (Å²) in [6.45, 7) is 15.4. The van der Waals surface area contributed by atoms with Gasteiger partial charge in [-0.05, 0) is 13.8 Å². The summed E-state index contributed by atoms with van der Waals surface area (Å²) in [4.78, 5) is 2.36. The van der Waals surface area contributed by atoms with Gasteiger partial charge in [0.05, 0.1) is 6.26 Å². The van der Waals surface area contributed by atoms with E-state index in [0.29, 0.717) is 13.1 Å². The largest absolute Gasteiger partial charge is 0.295 e. The maximum Gasteiger partial charge on any atom is 0.211 e. The number of hydrogen-bond donors (Lipinski definition) is 0. The number of nitrogens with zero attached hydrogens (tertiary/aromatic N) is 2. The lowest BCUT2D eigenvalue weighted by Gasteiger charge is -2.50. The Kier molecular flexibility index (Phi) is 4.30. The van der Waals surface area contributed by atoms with Crippen LogP contribution in [0.1, 0.15) is 27.7 Å². The van der Waals surface area contributed by atoms with E-state index in [1.54, 1.807) is 4.31 Å². The highest BCUT2D eigenvalue weighted by Crippen LogP contribution is 2.37. The molecule has 0 unspecified atom stereocenters. The average molecular weight is 274 g/mol. The van der Waals surface area contributed by atoms with Crippen LogP contribution >= 0.6 is 0 Å². The molecule has 18 heavy (non-hydrogen) atoms. The molecule has 0 bridgehead atoms. The summed E-state index contributed by atoms with van der Waals surface area (Å²) >= 11 is 0. The topological polar surface area (TPSA) is 40.6 Å². The lowest BCUT2D eigenvalue weighted by atomic mass is 9.73. The van der Waals surface area contributed by atoms with Gasteiger partial charge in [-0.25, -0.2) is 8.42 Å². The summed E-state index contributed by atoms with van der Waals surface area (Å²) in [6, 6.07) is 0. The van der Waals surface area contributed by atoms with E-state index in [0.717, 1.165) is 13.1 Å². The minimum atomic E-state index is -3.05. The van der Waals surface area contributed by atoms with E-state index in [1.807, 2.05) is 6.08 Å². The summed E-state index contributed by atoms with van der Waals surface area (Å²) < 4.78 is 24.5. The van der Waals surface area contributed by atoms with Gasteiger partial charge in [-0.1, -0.05) is 19.9 Å². The van der Waals surface area contributed by atoms with E-state index < -0.39 is 10.0 Å². The minimum absolute atomic E-state index is 0.0136. The normalized spacial score (nSPS) is 20.9. The van der Waals surface area contributed by atoms with Crippen LogP contribution in [0.25, 0.3) is 0 Å². The zero-order valence-corrected chi connectivity index (χ0v) is 13.0. The van der Waals surface area contributed by atoms with Crippen molar-refractivity contribution in [2.45, 2.75) is 33.2 Å². The van der Waals surface area contributed by atoms with Gasteiger partial charge in [0.2, 0.25) is 10.0 Å². The molecule has 106 valence electrons. The Balaban J connectivity index is 2.77. The van der Waals surface area contributed by atoms with Gasteiger partial charge in [0.25, 0.3) is 0 Å². The Bertz CT molecular complexity index is 405.